The largest absolute Gasteiger partial charge is 0.349 e. The second kappa shape index (κ2) is 8.90. The summed E-state index contributed by atoms with van der Waals surface area (Å²) in [6.45, 7) is 0.165. The van der Waals surface area contributed by atoms with Crippen LogP contribution < -0.4 is 10.6 Å². The molecular formula is C22H20Cl2N4O2. The van der Waals surface area contributed by atoms with E-state index in [1.165, 1.54) is 23.4 Å². The van der Waals surface area contributed by atoms with E-state index in [-0.39, 0.29) is 23.0 Å². The van der Waals surface area contributed by atoms with E-state index in [9.17, 15) is 9.59 Å². The molecule has 3 aromatic rings. The van der Waals surface area contributed by atoms with Gasteiger partial charge >= 0.3 is 0 Å². The van der Waals surface area contributed by atoms with Gasteiger partial charge in [-0.15, -0.1) is 0 Å². The number of amides is 2. The summed E-state index contributed by atoms with van der Waals surface area (Å²) >= 11 is 11.9. The van der Waals surface area contributed by atoms with Crippen LogP contribution in [0.25, 0.3) is 5.69 Å². The van der Waals surface area contributed by atoms with Crippen molar-refractivity contribution in [2.75, 3.05) is 6.54 Å². The average molecular weight is 443 g/mol. The van der Waals surface area contributed by atoms with E-state index in [1.54, 1.807) is 6.07 Å². The molecule has 8 heteroatoms. The Labute approximate surface area is 184 Å². The first-order chi connectivity index (χ1) is 14.5. The van der Waals surface area contributed by atoms with Crippen LogP contribution in [0.3, 0.4) is 0 Å². The molecule has 0 saturated heterocycles. The maximum absolute atomic E-state index is 12.3. The number of fused-ring (bicyclic) bond motifs is 1. The zero-order valence-corrected chi connectivity index (χ0v) is 17.6. The number of rotatable bonds is 6. The highest BCUT2D eigenvalue weighted by molar-refractivity contribution is 6.36. The summed E-state index contributed by atoms with van der Waals surface area (Å²) in [6.07, 6.45) is 3.02. The van der Waals surface area contributed by atoms with Crippen molar-refractivity contribution in [2.45, 2.75) is 25.8 Å². The van der Waals surface area contributed by atoms with E-state index in [2.05, 4.69) is 10.6 Å². The molecule has 1 heterocycles. The van der Waals surface area contributed by atoms with Crippen molar-refractivity contribution in [3.63, 3.8) is 0 Å². The molecule has 1 aliphatic rings. The molecule has 6 nitrogen and oxygen atoms in total. The van der Waals surface area contributed by atoms with Gasteiger partial charge in [-0.25, -0.2) is 4.68 Å². The molecule has 0 spiro atoms. The van der Waals surface area contributed by atoms with Gasteiger partial charge in [-0.3, -0.25) is 9.59 Å². The van der Waals surface area contributed by atoms with Crippen molar-refractivity contribution in [3.05, 3.63) is 81.1 Å². The molecule has 2 N–H and O–H groups in total. The number of carbonyl (C=O) groups excluding carboxylic acids is 2. The van der Waals surface area contributed by atoms with E-state index in [1.807, 2.05) is 35.0 Å². The third kappa shape index (κ3) is 4.35. The van der Waals surface area contributed by atoms with Crippen molar-refractivity contribution in [1.29, 1.82) is 0 Å². The van der Waals surface area contributed by atoms with Crippen LogP contribution in [0.5, 0.6) is 0 Å². The Morgan fingerprint density at radius 1 is 1.03 bits per heavy atom. The third-order valence-electron chi connectivity index (χ3n) is 5.05. The Kier molecular flexibility index (Phi) is 6.06. The van der Waals surface area contributed by atoms with Gasteiger partial charge in [0, 0.05) is 10.7 Å². The zero-order valence-electron chi connectivity index (χ0n) is 16.1. The summed E-state index contributed by atoms with van der Waals surface area (Å²) in [5.74, 6) is -0.726. The number of carbonyl (C=O) groups is 2. The SMILES string of the molecule is O=C(CNC(=O)c1ccc(Cl)cc1Cl)NCc1nn(-c2ccccc2)c2c1CCC2. The summed E-state index contributed by atoms with van der Waals surface area (Å²) in [7, 11) is 0. The molecule has 1 aliphatic carbocycles. The molecule has 2 amide bonds. The van der Waals surface area contributed by atoms with Crippen LogP contribution in [0.4, 0.5) is 0 Å². The molecule has 4 rings (SSSR count). The maximum atomic E-state index is 12.3. The van der Waals surface area contributed by atoms with Crippen LogP contribution in [-0.2, 0) is 24.2 Å². The van der Waals surface area contributed by atoms with Crippen molar-refractivity contribution in [1.82, 2.24) is 20.4 Å². The number of hydrogen-bond acceptors (Lipinski definition) is 3. The van der Waals surface area contributed by atoms with Crippen LogP contribution in [0.15, 0.2) is 48.5 Å². The number of hydrogen-bond donors (Lipinski definition) is 2. The summed E-state index contributed by atoms with van der Waals surface area (Å²) < 4.78 is 1.97. The minimum absolute atomic E-state index is 0.153. The Bertz CT molecular complexity index is 1100. The number of halogens is 2. The second-order valence-electron chi connectivity index (χ2n) is 7.06. The Hall–Kier alpha value is -2.83. The highest BCUT2D eigenvalue weighted by Gasteiger charge is 2.23. The lowest BCUT2D eigenvalue weighted by Gasteiger charge is -2.08. The molecule has 0 bridgehead atoms. The molecule has 0 saturated carbocycles. The number of aromatic nitrogens is 2. The van der Waals surface area contributed by atoms with Crippen LogP contribution in [0, 0.1) is 0 Å². The quantitative estimate of drug-likeness (QED) is 0.610. The number of benzene rings is 2. The number of nitrogens with zero attached hydrogens (tertiary/aromatic N) is 2. The molecule has 1 aromatic heterocycles. The lowest BCUT2D eigenvalue weighted by Crippen LogP contribution is -2.36. The molecule has 30 heavy (non-hydrogen) atoms. The topological polar surface area (TPSA) is 76.0 Å². The maximum Gasteiger partial charge on any atom is 0.253 e. The molecule has 0 atom stereocenters. The Morgan fingerprint density at radius 3 is 2.60 bits per heavy atom. The average Bonchev–Trinajstić information content (AvgIpc) is 3.34. The fourth-order valence-electron chi connectivity index (χ4n) is 3.61. The zero-order chi connectivity index (χ0) is 21.1. The lowest BCUT2D eigenvalue weighted by atomic mass is 10.2. The minimum atomic E-state index is -0.430. The normalized spacial score (nSPS) is 12.5. The van der Waals surface area contributed by atoms with E-state index in [4.69, 9.17) is 28.3 Å². The first kappa shape index (κ1) is 20.4. The van der Waals surface area contributed by atoms with Crippen LogP contribution in [0.1, 0.15) is 33.7 Å². The van der Waals surface area contributed by atoms with E-state index < -0.39 is 5.91 Å². The fraction of sp³-hybridized carbons (Fsp3) is 0.227. The van der Waals surface area contributed by atoms with Crippen LogP contribution in [0.2, 0.25) is 10.0 Å². The van der Waals surface area contributed by atoms with Crippen molar-refractivity contribution in [3.8, 4) is 5.69 Å². The first-order valence-electron chi connectivity index (χ1n) is 9.68. The van der Waals surface area contributed by atoms with E-state index in [0.717, 1.165) is 30.6 Å². The molecule has 2 aromatic carbocycles. The van der Waals surface area contributed by atoms with Gasteiger partial charge in [0.05, 0.1) is 35.1 Å². The highest BCUT2D eigenvalue weighted by Crippen LogP contribution is 2.27. The van der Waals surface area contributed by atoms with Gasteiger partial charge in [0.15, 0.2) is 0 Å². The predicted molar refractivity (Wildman–Crippen MR) is 116 cm³/mol. The summed E-state index contributed by atoms with van der Waals surface area (Å²) in [5.41, 5.74) is 4.56. The van der Waals surface area contributed by atoms with Crippen molar-refractivity contribution >= 4 is 35.0 Å². The van der Waals surface area contributed by atoms with Gasteiger partial charge in [0.1, 0.15) is 0 Å². The molecule has 0 aliphatic heterocycles. The van der Waals surface area contributed by atoms with Crippen LogP contribution >= 0.6 is 23.2 Å². The molecule has 0 fully saturated rings. The Balaban J connectivity index is 1.37. The van der Waals surface area contributed by atoms with Crippen molar-refractivity contribution in [2.24, 2.45) is 0 Å². The van der Waals surface area contributed by atoms with Gasteiger partial charge in [-0.05, 0) is 55.2 Å². The fourth-order valence-corrected chi connectivity index (χ4v) is 4.11. The van der Waals surface area contributed by atoms with Gasteiger partial charge in [0.25, 0.3) is 5.91 Å². The lowest BCUT2D eigenvalue weighted by molar-refractivity contribution is -0.120. The molecular weight excluding hydrogens is 423 g/mol. The van der Waals surface area contributed by atoms with E-state index >= 15 is 0 Å². The van der Waals surface area contributed by atoms with Crippen molar-refractivity contribution < 1.29 is 9.59 Å². The van der Waals surface area contributed by atoms with Gasteiger partial charge in [-0.1, -0.05) is 41.4 Å². The second-order valence-corrected chi connectivity index (χ2v) is 7.90. The first-order valence-corrected chi connectivity index (χ1v) is 10.4. The standard InChI is InChI=1S/C22H20Cl2N4O2/c23-14-9-10-16(18(24)11-14)22(30)26-13-21(29)25-12-19-17-7-4-8-20(17)28(27-19)15-5-2-1-3-6-15/h1-3,5-6,9-11H,4,7-8,12-13H2,(H,25,29)(H,26,30). The number of para-hydroxylation sites is 1. The third-order valence-corrected chi connectivity index (χ3v) is 5.60. The summed E-state index contributed by atoms with van der Waals surface area (Å²) in [5, 5.41) is 10.8. The van der Waals surface area contributed by atoms with Gasteiger partial charge in [0.2, 0.25) is 5.91 Å². The van der Waals surface area contributed by atoms with Crippen LogP contribution in [-0.4, -0.2) is 28.1 Å². The number of nitrogens with one attached hydrogen (secondary N) is 2. The van der Waals surface area contributed by atoms with Gasteiger partial charge in [-0.2, -0.15) is 5.10 Å². The molecule has 154 valence electrons. The van der Waals surface area contributed by atoms with Gasteiger partial charge < -0.3 is 10.6 Å². The summed E-state index contributed by atoms with van der Waals surface area (Å²) in [4.78, 5) is 24.5. The minimum Gasteiger partial charge on any atom is -0.349 e. The molecule has 0 unspecified atom stereocenters. The Morgan fingerprint density at radius 2 is 1.83 bits per heavy atom. The smallest absolute Gasteiger partial charge is 0.253 e. The molecule has 0 radical (unpaired) electrons. The monoisotopic (exact) mass is 442 g/mol. The highest BCUT2D eigenvalue weighted by atomic mass is 35.5. The summed E-state index contributed by atoms with van der Waals surface area (Å²) in [6, 6.07) is 14.6. The van der Waals surface area contributed by atoms with E-state index in [0.29, 0.717) is 11.6 Å². The predicted octanol–water partition coefficient (Wildman–Crippen LogP) is 3.71.